The summed E-state index contributed by atoms with van der Waals surface area (Å²) in [6.07, 6.45) is 43.8. The van der Waals surface area contributed by atoms with E-state index in [1.807, 2.05) is 0 Å². The molecule has 10 heteroatoms. The predicted octanol–water partition coefficient (Wildman–Crippen LogP) is 10.6. The quantitative estimate of drug-likeness (QED) is 0.0411. The van der Waals surface area contributed by atoms with Crippen LogP contribution in [0.15, 0.2) is 24.3 Å². The summed E-state index contributed by atoms with van der Waals surface area (Å²) in [4.78, 5) is 1.79. The van der Waals surface area contributed by atoms with Gasteiger partial charge in [0.25, 0.3) is 0 Å². The third kappa shape index (κ3) is 42.6. The number of unbranched alkanes of at least 4 members (excludes halogenated alkanes) is 24. The van der Waals surface area contributed by atoms with E-state index < -0.39 is 16.4 Å². The first-order valence-electron chi connectivity index (χ1n) is 23.1. The first kappa shape index (κ1) is 54.2. The Morgan fingerprint density at radius 1 is 0.509 bits per heavy atom. The lowest BCUT2D eigenvalue weighted by Crippen LogP contribution is -2.40. The number of hydrogen-bond acceptors (Lipinski definition) is 8. The summed E-state index contributed by atoms with van der Waals surface area (Å²) in [6.45, 7) is 7.04. The molecule has 328 valence electrons. The van der Waals surface area contributed by atoms with Gasteiger partial charge >= 0.3 is 10.3 Å². The Kier molecular flexibility index (Phi) is 43.6. The minimum Gasteiger partial charge on any atom is -0.395 e. The second kappa shape index (κ2) is 44.3. The molecule has 0 bridgehead atoms. The SMILES string of the molecule is CCCCCCCCC=CCCCCCCCCOCC(COCCCCCCCCC=CCCCCCCCC)OS(=O)(=O)NCCN(CCO)CCO. The molecule has 0 aromatic carbocycles. The molecule has 0 atom stereocenters. The molecule has 0 aromatic heterocycles. The lowest BCUT2D eigenvalue weighted by Gasteiger charge is -2.21. The van der Waals surface area contributed by atoms with Crippen LogP contribution in [0.2, 0.25) is 0 Å². The zero-order chi connectivity index (χ0) is 40.2. The molecule has 0 saturated heterocycles. The fraction of sp³-hybridized carbons (Fsp3) is 0.911. The van der Waals surface area contributed by atoms with Crippen molar-refractivity contribution in [3.8, 4) is 0 Å². The average molecular weight is 803 g/mol. The maximum atomic E-state index is 12.8. The third-order valence-electron chi connectivity index (χ3n) is 10.0. The molecule has 55 heavy (non-hydrogen) atoms. The van der Waals surface area contributed by atoms with Crippen LogP contribution in [0.4, 0.5) is 0 Å². The van der Waals surface area contributed by atoms with Crippen LogP contribution in [-0.4, -0.2) is 95.5 Å². The molecule has 0 aromatic rings. The van der Waals surface area contributed by atoms with E-state index in [1.54, 1.807) is 4.90 Å². The highest BCUT2D eigenvalue weighted by molar-refractivity contribution is 7.84. The highest BCUT2D eigenvalue weighted by atomic mass is 32.2. The smallest absolute Gasteiger partial charge is 0.336 e. The van der Waals surface area contributed by atoms with Crippen molar-refractivity contribution >= 4 is 10.3 Å². The molecular weight excluding hydrogens is 713 g/mol. The van der Waals surface area contributed by atoms with Crippen molar-refractivity contribution in [3.63, 3.8) is 0 Å². The predicted molar refractivity (Wildman–Crippen MR) is 233 cm³/mol. The van der Waals surface area contributed by atoms with Crippen LogP contribution in [0.1, 0.15) is 194 Å². The van der Waals surface area contributed by atoms with Crippen LogP contribution in [0.5, 0.6) is 0 Å². The Hall–Kier alpha value is -0.850. The standard InChI is InChI=1S/C45H90N2O7S/c1-3-5-7-9-11-13-15-17-19-21-23-25-27-29-31-33-41-52-43-45(54-55(50,51)46-35-36-47(37-39-48)38-40-49)44-53-42-34-32-30-28-26-24-22-20-18-16-14-12-10-8-6-4-2/h17-20,45-46,48-49H,3-16,21-44H2,1-2H3. The van der Waals surface area contributed by atoms with Gasteiger partial charge in [0, 0.05) is 39.4 Å². The van der Waals surface area contributed by atoms with Gasteiger partial charge in [-0.1, -0.05) is 154 Å². The average Bonchev–Trinajstić information content (AvgIpc) is 3.16. The van der Waals surface area contributed by atoms with Crippen molar-refractivity contribution in [2.75, 3.05) is 65.8 Å². The first-order valence-corrected chi connectivity index (χ1v) is 24.5. The van der Waals surface area contributed by atoms with Crippen molar-refractivity contribution in [3.05, 3.63) is 24.3 Å². The van der Waals surface area contributed by atoms with Gasteiger partial charge in [-0.2, -0.15) is 13.1 Å². The van der Waals surface area contributed by atoms with Gasteiger partial charge in [-0.15, -0.1) is 0 Å². The summed E-state index contributed by atoms with van der Waals surface area (Å²) in [5.41, 5.74) is 0. The van der Waals surface area contributed by atoms with Gasteiger partial charge < -0.3 is 19.7 Å². The van der Waals surface area contributed by atoms with Gasteiger partial charge in [0.15, 0.2) is 0 Å². The molecule has 0 aliphatic carbocycles. The number of ether oxygens (including phenoxy) is 2. The molecule has 0 spiro atoms. The lowest BCUT2D eigenvalue weighted by atomic mass is 10.1. The molecule has 0 rings (SSSR count). The van der Waals surface area contributed by atoms with E-state index in [0.717, 1.165) is 25.7 Å². The number of allylic oxidation sites excluding steroid dienone is 4. The van der Waals surface area contributed by atoms with E-state index in [-0.39, 0.29) is 33.0 Å². The first-order chi connectivity index (χ1) is 27.0. The monoisotopic (exact) mass is 803 g/mol. The molecule has 0 aliphatic rings. The minimum absolute atomic E-state index is 0.0615. The van der Waals surface area contributed by atoms with Crippen LogP contribution in [0, 0.1) is 0 Å². The van der Waals surface area contributed by atoms with Gasteiger partial charge in [-0.3, -0.25) is 4.90 Å². The number of hydrogen-bond donors (Lipinski definition) is 3. The largest absolute Gasteiger partial charge is 0.395 e. The molecule has 3 N–H and O–H groups in total. The third-order valence-corrected chi connectivity index (χ3v) is 11.1. The minimum atomic E-state index is -4.03. The van der Waals surface area contributed by atoms with Crippen molar-refractivity contribution < 1.29 is 32.3 Å². The van der Waals surface area contributed by atoms with Crippen LogP contribution in [-0.2, 0) is 24.0 Å². The number of aliphatic hydroxyl groups excluding tert-OH is 2. The summed E-state index contributed by atoms with van der Waals surface area (Å²) in [5, 5.41) is 18.4. The van der Waals surface area contributed by atoms with Gasteiger partial charge in [0.1, 0.15) is 6.10 Å². The molecule has 0 saturated carbocycles. The van der Waals surface area contributed by atoms with Crippen LogP contribution < -0.4 is 4.72 Å². The number of aliphatic hydroxyl groups is 2. The van der Waals surface area contributed by atoms with E-state index in [4.69, 9.17) is 13.7 Å². The number of nitrogens with one attached hydrogen (secondary N) is 1. The van der Waals surface area contributed by atoms with Gasteiger partial charge in [0.2, 0.25) is 0 Å². The fourth-order valence-corrected chi connectivity index (χ4v) is 7.48. The molecule has 0 unspecified atom stereocenters. The second-order valence-electron chi connectivity index (χ2n) is 15.4. The van der Waals surface area contributed by atoms with Crippen LogP contribution in [0.25, 0.3) is 0 Å². The summed E-state index contributed by atoms with van der Waals surface area (Å²) in [5.74, 6) is 0. The normalized spacial score (nSPS) is 13.0. The molecule has 0 radical (unpaired) electrons. The Balaban J connectivity index is 4.25. The fourth-order valence-electron chi connectivity index (χ4n) is 6.60. The number of rotatable bonds is 46. The van der Waals surface area contributed by atoms with E-state index >= 15 is 0 Å². The molecule has 0 fully saturated rings. The van der Waals surface area contributed by atoms with Crippen LogP contribution in [0.3, 0.4) is 0 Å². The molecule has 0 aliphatic heterocycles. The molecule has 9 nitrogen and oxygen atoms in total. The highest BCUT2D eigenvalue weighted by Crippen LogP contribution is 2.12. The van der Waals surface area contributed by atoms with E-state index in [9.17, 15) is 18.6 Å². The highest BCUT2D eigenvalue weighted by Gasteiger charge is 2.20. The van der Waals surface area contributed by atoms with E-state index in [0.29, 0.717) is 32.8 Å². The van der Waals surface area contributed by atoms with Crippen molar-refractivity contribution in [1.82, 2.24) is 9.62 Å². The van der Waals surface area contributed by atoms with E-state index in [2.05, 4.69) is 42.9 Å². The Morgan fingerprint density at radius 2 is 0.855 bits per heavy atom. The maximum Gasteiger partial charge on any atom is 0.336 e. The molecule has 0 amide bonds. The maximum absolute atomic E-state index is 12.8. The summed E-state index contributed by atoms with van der Waals surface area (Å²) >= 11 is 0. The van der Waals surface area contributed by atoms with E-state index in [1.165, 1.54) is 154 Å². The summed E-state index contributed by atoms with van der Waals surface area (Å²) < 4.78 is 45.2. The Bertz CT molecular complexity index is 867. The van der Waals surface area contributed by atoms with Crippen molar-refractivity contribution in [2.24, 2.45) is 0 Å². The van der Waals surface area contributed by atoms with Gasteiger partial charge in [-0.25, -0.2) is 4.18 Å². The Labute approximate surface area is 341 Å². The lowest BCUT2D eigenvalue weighted by molar-refractivity contribution is -0.00578. The summed E-state index contributed by atoms with van der Waals surface area (Å²) in [7, 11) is -4.03. The molecular formula is C45H90N2O7S. The molecule has 0 heterocycles. The van der Waals surface area contributed by atoms with Crippen LogP contribution >= 0.6 is 0 Å². The van der Waals surface area contributed by atoms with Gasteiger partial charge in [-0.05, 0) is 64.2 Å². The number of nitrogens with zero attached hydrogens (tertiary/aromatic N) is 1. The zero-order valence-electron chi connectivity index (χ0n) is 36.0. The zero-order valence-corrected chi connectivity index (χ0v) is 36.9. The topological polar surface area (TPSA) is 118 Å². The van der Waals surface area contributed by atoms with Gasteiger partial charge in [0.05, 0.1) is 26.4 Å². The second-order valence-corrected chi connectivity index (χ2v) is 16.8. The Morgan fingerprint density at radius 3 is 1.22 bits per heavy atom. The van der Waals surface area contributed by atoms with Crippen molar-refractivity contribution in [2.45, 2.75) is 200 Å². The van der Waals surface area contributed by atoms with Crippen molar-refractivity contribution in [1.29, 1.82) is 0 Å². The summed E-state index contributed by atoms with van der Waals surface area (Å²) in [6, 6.07) is 0.